The van der Waals surface area contributed by atoms with Crippen molar-refractivity contribution in [3.63, 3.8) is 0 Å². The van der Waals surface area contributed by atoms with E-state index in [0.29, 0.717) is 6.54 Å². The molecule has 0 aliphatic heterocycles. The van der Waals surface area contributed by atoms with Gasteiger partial charge in [0.15, 0.2) is 0 Å². The van der Waals surface area contributed by atoms with Crippen molar-refractivity contribution in [2.24, 2.45) is 5.73 Å². The normalized spacial score (nSPS) is 6.25. The minimum Gasteiger partial charge on any atom is -0.327 e. The third-order valence-electron chi connectivity index (χ3n) is 0.167. The lowest BCUT2D eigenvalue weighted by Gasteiger charge is -1.61. The van der Waals surface area contributed by atoms with E-state index >= 15 is 0 Å². The average molecular weight is 58.1 g/mol. The van der Waals surface area contributed by atoms with Crippen molar-refractivity contribution < 1.29 is 0 Å². The van der Waals surface area contributed by atoms with Crippen molar-refractivity contribution >= 4 is 0 Å². The molecule has 24 valence electrons. The first-order valence-electron chi connectivity index (χ1n) is 1.22. The molecule has 0 aromatic rings. The summed E-state index contributed by atoms with van der Waals surface area (Å²) in [6.07, 6.45) is 1.65. The number of hydrogen-bond acceptors (Lipinski definition) is 1. The number of hydrogen-bond donors (Lipinski definition) is 1. The van der Waals surface area contributed by atoms with E-state index in [2.05, 4.69) is 6.58 Å². The second-order valence-electron chi connectivity index (χ2n) is 0.524. The summed E-state index contributed by atoms with van der Waals surface area (Å²) in [7, 11) is 0. The molecular weight excluding hydrogens is 51.0 g/mol. The Bertz CT molecular complexity index is 17.2. The van der Waals surface area contributed by atoms with Crippen LogP contribution in [0.3, 0.4) is 0 Å². The molecule has 0 saturated carbocycles. The minimum absolute atomic E-state index is 0.583. The van der Waals surface area contributed by atoms with Crippen LogP contribution in [-0.4, -0.2) is 6.54 Å². The summed E-state index contributed by atoms with van der Waals surface area (Å²) in [6, 6.07) is 0. The van der Waals surface area contributed by atoms with Gasteiger partial charge in [0.25, 0.3) is 0 Å². The van der Waals surface area contributed by atoms with E-state index < -0.39 is 0 Å². The van der Waals surface area contributed by atoms with Gasteiger partial charge in [0.1, 0.15) is 0 Å². The van der Waals surface area contributed by atoms with Crippen molar-refractivity contribution in [2.45, 2.75) is 0 Å². The molecule has 0 bridgehead atoms. The van der Waals surface area contributed by atoms with Gasteiger partial charge in [-0.25, -0.2) is 0 Å². The maximum atomic E-state index is 4.91. The van der Waals surface area contributed by atoms with Gasteiger partial charge in [-0.15, -0.1) is 6.58 Å². The van der Waals surface area contributed by atoms with Crippen LogP contribution in [0.15, 0.2) is 12.7 Å². The summed E-state index contributed by atoms with van der Waals surface area (Å²) in [4.78, 5) is 0. The Morgan fingerprint density at radius 2 is 2.25 bits per heavy atom. The molecule has 0 spiro atoms. The molecule has 2 N–H and O–H groups in total. The average Bonchev–Trinajstić information content (AvgIpc) is 1.37. The topological polar surface area (TPSA) is 26.0 Å². The third kappa shape index (κ3) is 1.70. The van der Waals surface area contributed by atoms with Crippen LogP contribution in [0.25, 0.3) is 0 Å². The van der Waals surface area contributed by atoms with E-state index in [1.165, 1.54) is 0 Å². The number of nitrogens with two attached hydrogens (primary N) is 1. The van der Waals surface area contributed by atoms with E-state index in [9.17, 15) is 0 Å². The van der Waals surface area contributed by atoms with Crippen molar-refractivity contribution in [3.8, 4) is 0 Å². The van der Waals surface area contributed by atoms with Gasteiger partial charge >= 0.3 is 0 Å². The van der Waals surface area contributed by atoms with Crippen LogP contribution in [0, 0.1) is 0 Å². The maximum Gasteiger partial charge on any atom is 0.0104 e. The molecule has 0 fully saturated rings. The largest absolute Gasteiger partial charge is 0.327 e. The molecule has 1 nitrogen and oxygen atoms in total. The molecule has 0 radical (unpaired) electrons. The second-order valence-corrected chi connectivity index (χ2v) is 0.524. The van der Waals surface area contributed by atoms with Gasteiger partial charge in [-0.05, 0) is 0 Å². The second kappa shape index (κ2) is 2.70. The van der Waals surface area contributed by atoms with E-state index in [-0.39, 0.29) is 0 Å². The van der Waals surface area contributed by atoms with Crippen molar-refractivity contribution in [2.75, 3.05) is 6.54 Å². The molecule has 0 rings (SSSR count). The van der Waals surface area contributed by atoms with Crippen molar-refractivity contribution in [3.05, 3.63) is 12.7 Å². The zero-order valence-corrected chi connectivity index (χ0v) is 2.57. The molecular formula is C3H7N. The fourth-order valence-electron chi connectivity index (χ4n) is 0. The molecule has 0 heterocycles. The van der Waals surface area contributed by atoms with Crippen LogP contribution in [0.5, 0.6) is 0 Å². The quantitative estimate of drug-likeness (QED) is 0.336. The lowest BCUT2D eigenvalue weighted by molar-refractivity contribution is 1.26. The van der Waals surface area contributed by atoms with Crippen LogP contribution in [0.4, 0.5) is 0 Å². The van der Waals surface area contributed by atoms with Gasteiger partial charge in [0, 0.05) is 6.54 Å². The highest BCUT2D eigenvalue weighted by molar-refractivity contribution is 4.64. The van der Waals surface area contributed by atoms with E-state index in [1.54, 1.807) is 6.08 Å². The fourth-order valence-corrected chi connectivity index (χ4v) is 0. The molecule has 0 saturated heterocycles. The van der Waals surface area contributed by atoms with E-state index in [1.807, 2.05) is 0 Å². The zero-order chi connectivity index (χ0) is 3.41. The maximum absolute atomic E-state index is 4.91. The summed E-state index contributed by atoms with van der Waals surface area (Å²) in [5.74, 6) is 0. The summed E-state index contributed by atoms with van der Waals surface area (Å²) in [6.45, 7) is 3.94. The Labute approximate surface area is 26.1 Å². The van der Waals surface area contributed by atoms with Crippen LogP contribution >= 0.6 is 0 Å². The fraction of sp³-hybridized carbons (Fsp3) is 0.333. The predicted molar refractivity (Wildman–Crippen MR) is 19.3 cm³/mol. The highest BCUT2D eigenvalue weighted by Crippen LogP contribution is 1.40. The first-order valence-corrected chi connectivity index (χ1v) is 1.22. The molecule has 1 heteroatoms. The van der Waals surface area contributed by atoms with Crippen LogP contribution in [0.2, 0.25) is 0 Å². The zero-order valence-electron chi connectivity index (χ0n) is 2.57. The highest BCUT2D eigenvalue weighted by Gasteiger charge is 1.43. The lowest BCUT2D eigenvalue weighted by Crippen LogP contribution is -1.90. The van der Waals surface area contributed by atoms with Crippen LogP contribution in [0.1, 0.15) is 0 Å². The third-order valence-corrected chi connectivity index (χ3v) is 0.167. The Kier molecular flexibility index (Phi) is 2.50. The smallest absolute Gasteiger partial charge is 0.0104 e. The molecule has 4 heavy (non-hydrogen) atoms. The molecule has 0 unspecified atom stereocenters. The molecule has 0 aliphatic rings. The predicted octanol–water partition coefficient (Wildman–Crippen LogP) is 0.131. The number of rotatable bonds is 1. The first kappa shape index (κ1) is 3.70. The first-order chi connectivity index (χ1) is 1.91. The molecule has 0 aromatic carbocycles. The summed E-state index contributed by atoms with van der Waals surface area (Å²) in [5, 5.41) is 0. The van der Waals surface area contributed by atoms with Crippen LogP contribution in [-0.2, 0) is 0 Å². The van der Waals surface area contributed by atoms with Gasteiger partial charge in [0.05, 0.1) is 0 Å². The van der Waals surface area contributed by atoms with Gasteiger partial charge in [-0.2, -0.15) is 0 Å². The minimum atomic E-state index is 0.583. The van der Waals surface area contributed by atoms with Gasteiger partial charge in [0.2, 0.25) is 0 Å². The van der Waals surface area contributed by atoms with Gasteiger partial charge < -0.3 is 5.73 Å². The van der Waals surface area contributed by atoms with Gasteiger partial charge in [-0.3, -0.25) is 0 Å². The Hall–Kier alpha value is -0.300. The monoisotopic (exact) mass is 58.1 g/mol. The van der Waals surface area contributed by atoms with E-state index in [4.69, 9.17) is 5.73 Å². The molecule has 0 aromatic heterocycles. The Morgan fingerprint density at radius 3 is 2.25 bits per heavy atom. The summed E-state index contributed by atoms with van der Waals surface area (Å²) in [5.41, 5.74) is 4.91. The lowest BCUT2D eigenvalue weighted by atomic mass is 11.0. The summed E-state index contributed by atoms with van der Waals surface area (Å²) >= 11 is 0. The Morgan fingerprint density at radius 1 is 2.00 bits per heavy atom. The van der Waals surface area contributed by atoms with Crippen molar-refractivity contribution in [1.29, 1.82) is 0 Å². The SMILES string of the molecule is C=C[13CH2]N. The van der Waals surface area contributed by atoms with E-state index in [0.717, 1.165) is 0 Å². The summed E-state index contributed by atoms with van der Waals surface area (Å²) < 4.78 is 0. The Balaban J connectivity index is 2.30. The van der Waals surface area contributed by atoms with Gasteiger partial charge in [-0.1, -0.05) is 6.08 Å². The molecule has 0 atom stereocenters. The molecule has 0 aliphatic carbocycles. The standard InChI is InChI=1S/C3H7N/c1-2-3-4/h2H,1,3-4H2/i3+1. The highest BCUT2D eigenvalue weighted by atomic mass is 14.7. The van der Waals surface area contributed by atoms with Crippen LogP contribution < -0.4 is 5.73 Å². The van der Waals surface area contributed by atoms with Crippen molar-refractivity contribution in [1.82, 2.24) is 0 Å². The molecule has 0 amide bonds.